The summed E-state index contributed by atoms with van der Waals surface area (Å²) in [4.78, 5) is 0.0889. The maximum absolute atomic E-state index is 13.3. The van der Waals surface area contributed by atoms with E-state index in [4.69, 9.17) is 0 Å². The van der Waals surface area contributed by atoms with Crippen molar-refractivity contribution in [2.45, 2.75) is 43.0 Å². The van der Waals surface area contributed by atoms with Crippen molar-refractivity contribution in [3.05, 3.63) is 29.6 Å². The first-order valence-electron chi connectivity index (χ1n) is 6.24. The van der Waals surface area contributed by atoms with Crippen molar-refractivity contribution in [2.75, 3.05) is 6.54 Å². The summed E-state index contributed by atoms with van der Waals surface area (Å²) in [5.74, 6) is -0.489. The average molecular weight is 269 g/mol. The maximum atomic E-state index is 13.3. The van der Waals surface area contributed by atoms with Crippen molar-refractivity contribution in [3.63, 3.8) is 0 Å². The van der Waals surface area contributed by atoms with Crippen LogP contribution in [0.2, 0.25) is 0 Å². The van der Waals surface area contributed by atoms with E-state index < -0.39 is 15.8 Å². The number of hydrogen-bond acceptors (Lipinski definition) is 2. The number of nitrogens with zero attached hydrogens (tertiary/aromatic N) is 1. The lowest BCUT2D eigenvalue weighted by atomic mass is 9.70. The summed E-state index contributed by atoms with van der Waals surface area (Å²) < 4.78 is 39.9. The van der Waals surface area contributed by atoms with Gasteiger partial charge >= 0.3 is 0 Å². The highest BCUT2D eigenvalue weighted by molar-refractivity contribution is 7.89. The van der Waals surface area contributed by atoms with Crippen LogP contribution >= 0.6 is 0 Å². The van der Waals surface area contributed by atoms with Crippen LogP contribution < -0.4 is 0 Å². The normalized spacial score (nSPS) is 22.6. The summed E-state index contributed by atoms with van der Waals surface area (Å²) in [6, 6.07) is 4.00. The molecule has 98 valence electrons. The zero-order valence-electron chi connectivity index (χ0n) is 10.3. The van der Waals surface area contributed by atoms with E-state index in [9.17, 15) is 12.8 Å². The Labute approximate surface area is 107 Å². The quantitative estimate of drug-likeness (QED) is 0.827. The summed E-state index contributed by atoms with van der Waals surface area (Å²) in [5, 5.41) is 0. The van der Waals surface area contributed by atoms with E-state index in [-0.39, 0.29) is 10.4 Å². The van der Waals surface area contributed by atoms with Gasteiger partial charge in [-0.25, -0.2) is 12.8 Å². The van der Waals surface area contributed by atoms with Gasteiger partial charge < -0.3 is 0 Å². The molecule has 0 radical (unpaired) electrons. The predicted molar refractivity (Wildman–Crippen MR) is 66.2 cm³/mol. The molecule has 1 aliphatic heterocycles. The van der Waals surface area contributed by atoms with Crippen LogP contribution in [0.3, 0.4) is 0 Å². The van der Waals surface area contributed by atoms with Crippen molar-refractivity contribution < 1.29 is 12.8 Å². The first-order valence-corrected chi connectivity index (χ1v) is 7.68. The number of sulfonamides is 1. The van der Waals surface area contributed by atoms with Gasteiger partial charge in [0.1, 0.15) is 5.82 Å². The van der Waals surface area contributed by atoms with Crippen LogP contribution in [0, 0.1) is 12.7 Å². The molecule has 1 spiro atoms. The summed E-state index contributed by atoms with van der Waals surface area (Å²) >= 11 is 0. The van der Waals surface area contributed by atoms with Gasteiger partial charge in [0.25, 0.3) is 0 Å². The fourth-order valence-corrected chi connectivity index (χ4v) is 4.92. The van der Waals surface area contributed by atoms with Gasteiger partial charge in [-0.15, -0.1) is 0 Å². The monoisotopic (exact) mass is 269 g/mol. The molecular weight excluding hydrogens is 253 g/mol. The molecule has 1 saturated heterocycles. The fourth-order valence-electron chi connectivity index (χ4n) is 2.96. The van der Waals surface area contributed by atoms with E-state index in [1.165, 1.54) is 6.07 Å². The Morgan fingerprint density at radius 3 is 2.39 bits per heavy atom. The van der Waals surface area contributed by atoms with Crippen molar-refractivity contribution in [1.29, 1.82) is 0 Å². The molecule has 5 heteroatoms. The zero-order chi connectivity index (χ0) is 13.0. The van der Waals surface area contributed by atoms with E-state index in [1.54, 1.807) is 17.3 Å². The predicted octanol–water partition coefficient (Wildman–Crippen LogP) is 2.45. The highest BCUT2D eigenvalue weighted by Crippen LogP contribution is 2.49. The summed E-state index contributed by atoms with van der Waals surface area (Å²) in [6.45, 7) is 2.27. The number of rotatable bonds is 2. The Hall–Kier alpha value is -0.940. The molecule has 0 bridgehead atoms. The molecule has 0 N–H and O–H groups in total. The standard InChI is InChI=1S/C13H16FNO2S/c1-10-7-11(14)9-12(8-10)18(16,17)15-6-5-13(15)3-2-4-13/h7-9H,2-6H2,1H3. The maximum Gasteiger partial charge on any atom is 0.243 e. The second kappa shape index (κ2) is 3.78. The van der Waals surface area contributed by atoms with Gasteiger partial charge in [0.15, 0.2) is 0 Å². The Balaban J connectivity index is 1.99. The number of hydrogen-bond donors (Lipinski definition) is 0. The second-order valence-electron chi connectivity index (χ2n) is 5.37. The molecular formula is C13H16FNO2S. The molecule has 0 unspecified atom stereocenters. The lowest BCUT2D eigenvalue weighted by Gasteiger charge is -2.57. The van der Waals surface area contributed by atoms with Gasteiger partial charge in [-0.1, -0.05) is 0 Å². The third kappa shape index (κ3) is 1.61. The Bertz CT molecular complexity index is 567. The minimum atomic E-state index is -3.52. The second-order valence-corrected chi connectivity index (χ2v) is 7.23. The number of halogens is 1. The molecule has 1 aromatic carbocycles. The molecule has 1 heterocycles. The van der Waals surface area contributed by atoms with Crippen LogP contribution in [0.4, 0.5) is 4.39 Å². The largest absolute Gasteiger partial charge is 0.243 e. The SMILES string of the molecule is Cc1cc(F)cc(S(=O)(=O)N2CCC23CCC3)c1. The number of benzene rings is 1. The van der Waals surface area contributed by atoms with Crippen LogP contribution in [0.1, 0.15) is 31.2 Å². The molecule has 2 fully saturated rings. The molecule has 1 aromatic rings. The molecule has 1 saturated carbocycles. The van der Waals surface area contributed by atoms with Crippen molar-refractivity contribution in [1.82, 2.24) is 4.31 Å². The summed E-state index contributed by atoms with van der Waals surface area (Å²) in [7, 11) is -3.52. The lowest BCUT2D eigenvalue weighted by Crippen LogP contribution is -2.65. The van der Waals surface area contributed by atoms with E-state index in [2.05, 4.69) is 0 Å². The highest BCUT2D eigenvalue weighted by Gasteiger charge is 2.54. The third-order valence-electron chi connectivity index (χ3n) is 4.20. The van der Waals surface area contributed by atoms with E-state index in [0.29, 0.717) is 12.1 Å². The van der Waals surface area contributed by atoms with Gasteiger partial charge in [-0.05, 0) is 56.4 Å². The van der Waals surface area contributed by atoms with Crippen LogP contribution in [0.5, 0.6) is 0 Å². The minimum absolute atomic E-state index is 0.0889. The van der Waals surface area contributed by atoms with Crippen molar-refractivity contribution in [3.8, 4) is 0 Å². The zero-order valence-corrected chi connectivity index (χ0v) is 11.1. The van der Waals surface area contributed by atoms with Crippen LogP contribution in [-0.2, 0) is 10.0 Å². The Morgan fingerprint density at radius 1 is 1.22 bits per heavy atom. The molecule has 18 heavy (non-hydrogen) atoms. The van der Waals surface area contributed by atoms with Crippen LogP contribution in [-0.4, -0.2) is 24.8 Å². The Morgan fingerprint density at radius 2 is 1.94 bits per heavy atom. The third-order valence-corrected chi connectivity index (χ3v) is 6.18. The molecule has 1 aliphatic carbocycles. The van der Waals surface area contributed by atoms with Gasteiger partial charge in [0.2, 0.25) is 10.0 Å². The van der Waals surface area contributed by atoms with E-state index >= 15 is 0 Å². The van der Waals surface area contributed by atoms with Crippen LogP contribution in [0.15, 0.2) is 23.1 Å². The highest BCUT2D eigenvalue weighted by atomic mass is 32.2. The smallest absolute Gasteiger partial charge is 0.207 e. The number of aryl methyl sites for hydroxylation is 1. The average Bonchev–Trinajstić information content (AvgIpc) is 2.10. The van der Waals surface area contributed by atoms with E-state index in [1.807, 2.05) is 0 Å². The first kappa shape index (κ1) is 12.1. The van der Waals surface area contributed by atoms with Crippen molar-refractivity contribution in [2.24, 2.45) is 0 Å². The molecule has 0 atom stereocenters. The van der Waals surface area contributed by atoms with Crippen LogP contribution in [0.25, 0.3) is 0 Å². The van der Waals surface area contributed by atoms with Crippen molar-refractivity contribution >= 4 is 10.0 Å². The van der Waals surface area contributed by atoms with Gasteiger partial charge in [0.05, 0.1) is 4.90 Å². The summed E-state index contributed by atoms with van der Waals surface area (Å²) in [5.41, 5.74) is 0.496. The Kier molecular flexibility index (Phi) is 2.54. The van der Waals surface area contributed by atoms with Gasteiger partial charge in [-0.3, -0.25) is 0 Å². The van der Waals surface area contributed by atoms with E-state index in [0.717, 1.165) is 31.7 Å². The molecule has 2 aliphatic rings. The molecule has 3 nitrogen and oxygen atoms in total. The molecule has 0 amide bonds. The first-order chi connectivity index (χ1) is 8.44. The van der Waals surface area contributed by atoms with Gasteiger partial charge in [0, 0.05) is 12.1 Å². The van der Waals surface area contributed by atoms with Gasteiger partial charge in [-0.2, -0.15) is 4.31 Å². The molecule has 3 rings (SSSR count). The topological polar surface area (TPSA) is 37.4 Å². The minimum Gasteiger partial charge on any atom is -0.207 e. The lowest BCUT2D eigenvalue weighted by molar-refractivity contribution is -0.00297. The summed E-state index contributed by atoms with van der Waals surface area (Å²) in [6.07, 6.45) is 3.93. The fraction of sp³-hybridized carbons (Fsp3) is 0.538. The molecule has 0 aromatic heterocycles.